The number of nitrogens with two attached hydrogens (primary N) is 1. The van der Waals surface area contributed by atoms with Crippen molar-refractivity contribution in [1.82, 2.24) is 34.3 Å². The van der Waals surface area contributed by atoms with Gasteiger partial charge in [-0.05, 0) is 59.0 Å². The molecular formula is C19H15IN8OS. The van der Waals surface area contributed by atoms with Crippen LogP contribution in [0.3, 0.4) is 0 Å². The Bertz CT molecular complexity index is 1500. The third-order valence-corrected chi connectivity index (χ3v) is 6.61. The van der Waals surface area contributed by atoms with Crippen molar-refractivity contribution < 1.29 is 0 Å². The van der Waals surface area contributed by atoms with Gasteiger partial charge < -0.3 is 5.73 Å². The van der Waals surface area contributed by atoms with Crippen molar-refractivity contribution in [3.05, 3.63) is 61.0 Å². The number of hydrogen-bond acceptors (Lipinski definition) is 8. The lowest BCUT2D eigenvalue weighted by Gasteiger charge is -2.14. The summed E-state index contributed by atoms with van der Waals surface area (Å²) in [7, 11) is 0. The molecule has 0 aliphatic heterocycles. The second kappa shape index (κ2) is 7.09. The summed E-state index contributed by atoms with van der Waals surface area (Å²) in [6.07, 6.45) is 3.07. The third kappa shape index (κ3) is 2.88. The molecule has 0 atom stereocenters. The summed E-state index contributed by atoms with van der Waals surface area (Å²) in [6, 6.07) is 3.76. The van der Waals surface area contributed by atoms with E-state index in [1.807, 2.05) is 31.4 Å². The van der Waals surface area contributed by atoms with Crippen molar-refractivity contribution in [2.75, 3.05) is 5.73 Å². The summed E-state index contributed by atoms with van der Waals surface area (Å²) < 4.78 is 3.96. The molecule has 11 heteroatoms. The highest BCUT2D eigenvalue weighted by Crippen LogP contribution is 2.25. The Balaban J connectivity index is 1.80. The molecule has 0 aromatic carbocycles. The number of rotatable bonds is 3. The van der Waals surface area contributed by atoms with E-state index in [2.05, 4.69) is 42.6 Å². The average Bonchev–Trinajstić information content (AvgIpc) is 3.24. The Hall–Kier alpha value is -2.93. The first-order chi connectivity index (χ1) is 14.5. The summed E-state index contributed by atoms with van der Waals surface area (Å²) in [4.78, 5) is 31.9. The van der Waals surface area contributed by atoms with Gasteiger partial charge in [-0.2, -0.15) is 5.10 Å². The van der Waals surface area contributed by atoms with Crippen LogP contribution in [-0.2, 0) is 6.54 Å². The molecule has 0 aliphatic carbocycles. The number of pyridine rings is 1. The number of fused-ring (bicyclic) bond motifs is 2. The van der Waals surface area contributed by atoms with E-state index in [0.717, 1.165) is 11.1 Å². The maximum Gasteiger partial charge on any atom is 0.268 e. The first-order valence-electron chi connectivity index (χ1n) is 9.00. The minimum Gasteiger partial charge on any atom is -0.383 e. The number of aromatic nitrogens is 7. The van der Waals surface area contributed by atoms with Gasteiger partial charge in [0, 0.05) is 6.20 Å². The standard InChI is InChI=1S/C19H15IN8OS/c1-9-4-3-5-22-16(9)28-11(25-18-12(19(28)29)10(2)7-30-18)6-27-17-13(14(20)26-27)15(21)23-8-24-17/h3-5,7-8H,6H2,1-2H3,(H2,21,23,24). The zero-order chi connectivity index (χ0) is 21.0. The van der Waals surface area contributed by atoms with Crippen LogP contribution >= 0.6 is 33.9 Å². The lowest BCUT2D eigenvalue weighted by molar-refractivity contribution is 0.642. The van der Waals surface area contributed by atoms with Crippen LogP contribution in [0.2, 0.25) is 0 Å². The fourth-order valence-electron chi connectivity index (χ4n) is 3.44. The van der Waals surface area contributed by atoms with E-state index in [1.165, 1.54) is 17.7 Å². The summed E-state index contributed by atoms with van der Waals surface area (Å²) in [5.41, 5.74) is 8.25. The number of thiophene rings is 1. The van der Waals surface area contributed by atoms with E-state index >= 15 is 0 Å². The number of nitrogen functional groups attached to an aromatic ring is 1. The normalized spacial score (nSPS) is 11.6. The third-order valence-electron chi connectivity index (χ3n) is 4.86. The minimum atomic E-state index is -0.143. The van der Waals surface area contributed by atoms with Crippen LogP contribution in [0.15, 0.2) is 34.8 Å². The van der Waals surface area contributed by atoms with Gasteiger partial charge in [0.1, 0.15) is 38.9 Å². The van der Waals surface area contributed by atoms with Crippen molar-refractivity contribution in [1.29, 1.82) is 0 Å². The predicted molar refractivity (Wildman–Crippen MR) is 124 cm³/mol. The zero-order valence-electron chi connectivity index (χ0n) is 16.0. The maximum atomic E-state index is 13.5. The lowest BCUT2D eigenvalue weighted by Crippen LogP contribution is -2.26. The van der Waals surface area contributed by atoms with Crippen LogP contribution in [0.25, 0.3) is 27.1 Å². The molecule has 0 spiro atoms. The Labute approximate surface area is 187 Å². The van der Waals surface area contributed by atoms with Crippen molar-refractivity contribution >= 4 is 61.0 Å². The van der Waals surface area contributed by atoms with Crippen LogP contribution in [0.1, 0.15) is 17.0 Å². The summed E-state index contributed by atoms with van der Waals surface area (Å²) >= 11 is 3.56. The second-order valence-electron chi connectivity index (χ2n) is 6.82. The SMILES string of the molecule is Cc1cccnc1-n1c(Cn2nc(I)c3c(N)ncnc32)nc2scc(C)c2c1=O. The van der Waals surface area contributed by atoms with Gasteiger partial charge in [0.05, 0.1) is 10.8 Å². The van der Waals surface area contributed by atoms with E-state index < -0.39 is 0 Å². The van der Waals surface area contributed by atoms with E-state index in [4.69, 9.17) is 10.7 Å². The highest BCUT2D eigenvalue weighted by Gasteiger charge is 2.20. The number of hydrogen-bond donors (Lipinski definition) is 1. The molecule has 0 amide bonds. The van der Waals surface area contributed by atoms with Crippen LogP contribution in [0.4, 0.5) is 5.82 Å². The topological polar surface area (TPSA) is 117 Å². The first-order valence-corrected chi connectivity index (χ1v) is 11.0. The first kappa shape index (κ1) is 19.1. The minimum absolute atomic E-state index is 0.143. The van der Waals surface area contributed by atoms with E-state index in [9.17, 15) is 4.79 Å². The fraction of sp³-hybridized carbons (Fsp3) is 0.158. The van der Waals surface area contributed by atoms with Gasteiger partial charge in [-0.25, -0.2) is 29.2 Å². The predicted octanol–water partition coefficient (Wildman–Crippen LogP) is 2.83. The summed E-state index contributed by atoms with van der Waals surface area (Å²) in [5.74, 6) is 1.44. The zero-order valence-corrected chi connectivity index (χ0v) is 19.0. The van der Waals surface area contributed by atoms with E-state index in [-0.39, 0.29) is 12.1 Å². The van der Waals surface area contributed by atoms with Gasteiger partial charge in [0.15, 0.2) is 5.65 Å². The molecule has 0 fully saturated rings. The summed E-state index contributed by atoms with van der Waals surface area (Å²) in [6.45, 7) is 4.07. The van der Waals surface area contributed by atoms with Crippen molar-refractivity contribution in [2.24, 2.45) is 0 Å². The highest BCUT2D eigenvalue weighted by atomic mass is 127. The smallest absolute Gasteiger partial charge is 0.268 e. The fourth-order valence-corrected chi connectivity index (χ4v) is 5.14. The van der Waals surface area contributed by atoms with Crippen LogP contribution in [0, 0.1) is 17.5 Å². The molecule has 30 heavy (non-hydrogen) atoms. The van der Waals surface area contributed by atoms with Crippen LogP contribution in [-0.4, -0.2) is 34.3 Å². The number of nitrogens with zero attached hydrogens (tertiary/aromatic N) is 7. The molecule has 0 saturated carbocycles. The monoisotopic (exact) mass is 530 g/mol. The van der Waals surface area contributed by atoms with Crippen molar-refractivity contribution in [3.63, 3.8) is 0 Å². The van der Waals surface area contributed by atoms with E-state index in [0.29, 0.717) is 42.4 Å². The lowest BCUT2D eigenvalue weighted by atomic mass is 10.2. The van der Waals surface area contributed by atoms with Crippen molar-refractivity contribution in [3.8, 4) is 5.82 Å². The van der Waals surface area contributed by atoms with Gasteiger partial charge in [0.2, 0.25) is 0 Å². The highest BCUT2D eigenvalue weighted by molar-refractivity contribution is 14.1. The van der Waals surface area contributed by atoms with Gasteiger partial charge >= 0.3 is 0 Å². The van der Waals surface area contributed by atoms with Gasteiger partial charge in [-0.1, -0.05) is 6.07 Å². The number of halogens is 1. The Morgan fingerprint density at radius 2 is 2.00 bits per heavy atom. The quantitative estimate of drug-likeness (QED) is 0.357. The molecule has 5 aromatic rings. The Kier molecular flexibility index (Phi) is 4.50. The number of aryl methyl sites for hydroxylation is 2. The summed E-state index contributed by atoms with van der Waals surface area (Å²) in [5, 5.41) is 7.81. The molecular weight excluding hydrogens is 515 g/mol. The maximum absolute atomic E-state index is 13.5. The molecule has 2 N–H and O–H groups in total. The molecule has 5 aromatic heterocycles. The van der Waals surface area contributed by atoms with E-state index in [1.54, 1.807) is 15.4 Å². The second-order valence-corrected chi connectivity index (χ2v) is 8.70. The Morgan fingerprint density at radius 1 is 1.17 bits per heavy atom. The molecule has 0 bridgehead atoms. The van der Waals surface area contributed by atoms with Gasteiger partial charge in [-0.15, -0.1) is 11.3 Å². The molecule has 0 aliphatic rings. The molecule has 0 radical (unpaired) electrons. The largest absolute Gasteiger partial charge is 0.383 e. The molecule has 9 nitrogen and oxygen atoms in total. The molecule has 0 unspecified atom stereocenters. The molecule has 150 valence electrons. The molecule has 5 rings (SSSR count). The molecule has 5 heterocycles. The average molecular weight is 530 g/mol. The number of anilines is 1. The van der Waals surface area contributed by atoms with Crippen LogP contribution in [0.5, 0.6) is 0 Å². The van der Waals surface area contributed by atoms with Gasteiger partial charge in [0.25, 0.3) is 5.56 Å². The Morgan fingerprint density at radius 3 is 2.80 bits per heavy atom. The van der Waals surface area contributed by atoms with Crippen LogP contribution < -0.4 is 11.3 Å². The molecule has 0 saturated heterocycles. The van der Waals surface area contributed by atoms with Gasteiger partial charge in [-0.3, -0.25) is 4.79 Å². The van der Waals surface area contributed by atoms with Crippen molar-refractivity contribution in [2.45, 2.75) is 20.4 Å².